The molecule has 0 aromatic rings. The summed E-state index contributed by atoms with van der Waals surface area (Å²) in [5.74, 6) is 1.48. The summed E-state index contributed by atoms with van der Waals surface area (Å²) in [6.07, 6.45) is 3.03. The van der Waals surface area contributed by atoms with Gasteiger partial charge in [0.15, 0.2) is 0 Å². The fourth-order valence-electron chi connectivity index (χ4n) is 2.37. The molecule has 1 aliphatic carbocycles. The SMILES string of the molecule is COC1CCC(C)(C)C(C)C1C. The first kappa shape index (κ1) is 10.0. The number of hydrogen-bond donors (Lipinski definition) is 0. The van der Waals surface area contributed by atoms with Crippen LogP contribution in [-0.2, 0) is 4.74 Å². The van der Waals surface area contributed by atoms with Crippen LogP contribution in [0.25, 0.3) is 0 Å². The van der Waals surface area contributed by atoms with Gasteiger partial charge in [-0.3, -0.25) is 0 Å². The normalized spacial score (nSPS) is 41.2. The largest absolute Gasteiger partial charge is 0.381 e. The second kappa shape index (κ2) is 3.37. The Morgan fingerprint density at radius 3 is 2.33 bits per heavy atom. The van der Waals surface area contributed by atoms with Crippen LogP contribution in [0.15, 0.2) is 0 Å². The van der Waals surface area contributed by atoms with E-state index in [0.29, 0.717) is 17.4 Å². The Hall–Kier alpha value is -0.0400. The molecule has 3 unspecified atom stereocenters. The molecule has 0 bridgehead atoms. The number of hydrogen-bond acceptors (Lipinski definition) is 1. The lowest BCUT2D eigenvalue weighted by molar-refractivity contribution is -0.0415. The Bertz CT molecular complexity index is 151. The summed E-state index contributed by atoms with van der Waals surface area (Å²) in [4.78, 5) is 0. The van der Waals surface area contributed by atoms with Gasteiger partial charge in [0, 0.05) is 7.11 Å². The quantitative estimate of drug-likeness (QED) is 0.587. The first-order valence-corrected chi connectivity index (χ1v) is 5.02. The molecule has 1 heteroatoms. The summed E-state index contributed by atoms with van der Waals surface area (Å²) >= 11 is 0. The molecular weight excluding hydrogens is 148 g/mol. The van der Waals surface area contributed by atoms with Crippen molar-refractivity contribution >= 4 is 0 Å². The molecule has 3 atom stereocenters. The molecule has 1 saturated carbocycles. The standard InChI is InChI=1S/C11H22O/c1-8-9(2)11(3,4)7-6-10(8)12-5/h8-10H,6-7H2,1-5H3. The smallest absolute Gasteiger partial charge is 0.0599 e. The average Bonchev–Trinajstić information content (AvgIpc) is 2.01. The zero-order valence-electron chi connectivity index (χ0n) is 9.05. The van der Waals surface area contributed by atoms with Gasteiger partial charge in [-0.2, -0.15) is 0 Å². The predicted octanol–water partition coefficient (Wildman–Crippen LogP) is 3.09. The molecule has 1 nitrogen and oxygen atoms in total. The monoisotopic (exact) mass is 170 g/mol. The van der Waals surface area contributed by atoms with Crippen molar-refractivity contribution in [1.29, 1.82) is 0 Å². The summed E-state index contributed by atoms with van der Waals surface area (Å²) in [6, 6.07) is 0. The van der Waals surface area contributed by atoms with Crippen molar-refractivity contribution in [3.8, 4) is 0 Å². The third kappa shape index (κ3) is 1.66. The van der Waals surface area contributed by atoms with E-state index in [-0.39, 0.29) is 0 Å². The molecule has 0 saturated heterocycles. The molecule has 0 aliphatic heterocycles. The highest BCUT2D eigenvalue weighted by atomic mass is 16.5. The van der Waals surface area contributed by atoms with Crippen LogP contribution in [0.5, 0.6) is 0 Å². The van der Waals surface area contributed by atoms with Crippen molar-refractivity contribution in [3.63, 3.8) is 0 Å². The fraction of sp³-hybridized carbons (Fsp3) is 1.00. The molecule has 72 valence electrons. The van der Waals surface area contributed by atoms with Crippen LogP contribution in [-0.4, -0.2) is 13.2 Å². The van der Waals surface area contributed by atoms with Crippen LogP contribution < -0.4 is 0 Å². The first-order valence-electron chi connectivity index (χ1n) is 5.02. The van der Waals surface area contributed by atoms with E-state index in [0.717, 1.165) is 5.92 Å². The van der Waals surface area contributed by atoms with Crippen LogP contribution in [0.1, 0.15) is 40.5 Å². The highest BCUT2D eigenvalue weighted by molar-refractivity contribution is 4.88. The lowest BCUT2D eigenvalue weighted by atomic mass is 9.64. The van der Waals surface area contributed by atoms with E-state index < -0.39 is 0 Å². The second-order valence-corrected chi connectivity index (χ2v) is 4.95. The summed E-state index contributed by atoms with van der Waals surface area (Å²) in [5.41, 5.74) is 0.508. The molecule has 1 rings (SSSR count). The van der Waals surface area contributed by atoms with E-state index in [2.05, 4.69) is 27.7 Å². The highest BCUT2D eigenvalue weighted by Crippen LogP contribution is 2.44. The molecule has 1 aliphatic rings. The van der Waals surface area contributed by atoms with Crippen molar-refractivity contribution in [2.45, 2.75) is 46.6 Å². The van der Waals surface area contributed by atoms with Gasteiger partial charge >= 0.3 is 0 Å². The molecule has 0 radical (unpaired) electrons. The van der Waals surface area contributed by atoms with E-state index in [1.165, 1.54) is 12.8 Å². The maximum Gasteiger partial charge on any atom is 0.0599 e. The molecule has 0 heterocycles. The van der Waals surface area contributed by atoms with Crippen LogP contribution in [0.3, 0.4) is 0 Å². The van der Waals surface area contributed by atoms with Crippen LogP contribution >= 0.6 is 0 Å². The Morgan fingerprint density at radius 1 is 1.25 bits per heavy atom. The Labute approximate surface area is 76.5 Å². The van der Waals surface area contributed by atoms with Gasteiger partial charge in [-0.25, -0.2) is 0 Å². The van der Waals surface area contributed by atoms with Crippen molar-refractivity contribution in [1.82, 2.24) is 0 Å². The zero-order chi connectivity index (χ0) is 9.35. The van der Waals surface area contributed by atoms with Crippen LogP contribution in [0.4, 0.5) is 0 Å². The molecule has 0 aromatic heterocycles. The Balaban J connectivity index is 2.65. The van der Waals surface area contributed by atoms with Gasteiger partial charge < -0.3 is 4.74 Å². The molecule has 0 N–H and O–H groups in total. The zero-order valence-corrected chi connectivity index (χ0v) is 9.05. The summed E-state index contributed by atoms with van der Waals surface area (Å²) in [7, 11) is 1.84. The minimum Gasteiger partial charge on any atom is -0.381 e. The number of ether oxygens (including phenoxy) is 1. The first-order chi connectivity index (χ1) is 5.49. The van der Waals surface area contributed by atoms with Gasteiger partial charge in [-0.05, 0) is 30.1 Å². The van der Waals surface area contributed by atoms with E-state index in [1.807, 2.05) is 7.11 Å². The Morgan fingerprint density at radius 2 is 1.83 bits per heavy atom. The summed E-state index contributed by atoms with van der Waals surface area (Å²) in [5, 5.41) is 0. The van der Waals surface area contributed by atoms with Crippen molar-refractivity contribution in [2.24, 2.45) is 17.3 Å². The van der Waals surface area contributed by atoms with Gasteiger partial charge in [0.2, 0.25) is 0 Å². The predicted molar refractivity (Wildman–Crippen MR) is 52.1 cm³/mol. The van der Waals surface area contributed by atoms with Gasteiger partial charge in [0.05, 0.1) is 6.10 Å². The third-order valence-electron chi connectivity index (χ3n) is 3.98. The molecule has 0 aromatic carbocycles. The van der Waals surface area contributed by atoms with E-state index in [1.54, 1.807) is 0 Å². The van der Waals surface area contributed by atoms with E-state index in [9.17, 15) is 0 Å². The number of methoxy groups -OCH3 is 1. The molecule has 1 fully saturated rings. The maximum atomic E-state index is 5.47. The lowest BCUT2D eigenvalue weighted by Gasteiger charge is -2.44. The van der Waals surface area contributed by atoms with Crippen molar-refractivity contribution < 1.29 is 4.74 Å². The minimum atomic E-state index is 0.494. The highest BCUT2D eigenvalue weighted by Gasteiger charge is 2.38. The second-order valence-electron chi connectivity index (χ2n) is 4.95. The van der Waals surface area contributed by atoms with E-state index in [4.69, 9.17) is 4.74 Å². The molecular formula is C11H22O. The number of rotatable bonds is 1. The minimum absolute atomic E-state index is 0.494. The topological polar surface area (TPSA) is 9.23 Å². The van der Waals surface area contributed by atoms with Crippen molar-refractivity contribution in [3.05, 3.63) is 0 Å². The molecule has 0 spiro atoms. The van der Waals surface area contributed by atoms with Gasteiger partial charge in [0.1, 0.15) is 0 Å². The maximum absolute atomic E-state index is 5.47. The van der Waals surface area contributed by atoms with Gasteiger partial charge in [-0.15, -0.1) is 0 Å². The molecule has 12 heavy (non-hydrogen) atoms. The lowest BCUT2D eigenvalue weighted by Crippen LogP contribution is -2.40. The van der Waals surface area contributed by atoms with Crippen molar-refractivity contribution in [2.75, 3.05) is 7.11 Å². The van der Waals surface area contributed by atoms with Gasteiger partial charge in [-0.1, -0.05) is 27.7 Å². The van der Waals surface area contributed by atoms with Crippen LogP contribution in [0, 0.1) is 17.3 Å². The third-order valence-corrected chi connectivity index (χ3v) is 3.98. The Kier molecular flexibility index (Phi) is 2.82. The van der Waals surface area contributed by atoms with Gasteiger partial charge in [0.25, 0.3) is 0 Å². The fourth-order valence-corrected chi connectivity index (χ4v) is 2.37. The molecule has 0 amide bonds. The van der Waals surface area contributed by atoms with Crippen LogP contribution in [0.2, 0.25) is 0 Å². The van der Waals surface area contributed by atoms with E-state index >= 15 is 0 Å². The summed E-state index contributed by atoms with van der Waals surface area (Å²) in [6.45, 7) is 9.43. The summed E-state index contributed by atoms with van der Waals surface area (Å²) < 4.78 is 5.47. The average molecular weight is 170 g/mol.